The van der Waals surface area contributed by atoms with Crippen LogP contribution in [0.5, 0.6) is 0 Å². The van der Waals surface area contributed by atoms with Gasteiger partial charge in [0.25, 0.3) is 21.2 Å². The van der Waals surface area contributed by atoms with Crippen molar-refractivity contribution in [2.75, 3.05) is 13.2 Å². The Labute approximate surface area is 263 Å². The summed E-state index contributed by atoms with van der Waals surface area (Å²) < 4.78 is 47.9. The number of aromatic amines is 1. The second kappa shape index (κ2) is 15.1. The van der Waals surface area contributed by atoms with E-state index in [1.54, 1.807) is 0 Å². The molecule has 3 heterocycles. The van der Waals surface area contributed by atoms with Crippen LogP contribution in [0.15, 0.2) is 21.9 Å². The van der Waals surface area contributed by atoms with Crippen molar-refractivity contribution in [1.29, 1.82) is 0 Å². The molecule has 6 N–H and O–H groups in total. The first-order valence-electron chi connectivity index (χ1n) is 10.3. The van der Waals surface area contributed by atoms with Crippen LogP contribution in [0, 0.1) is 0 Å². The molecule has 0 aromatic carbocycles. The third-order valence-electron chi connectivity index (χ3n) is 5.15. The van der Waals surface area contributed by atoms with Crippen LogP contribution in [0.1, 0.15) is 13.2 Å². The minimum Gasteiger partial charge on any atom is -0.756 e. The van der Waals surface area contributed by atoms with Gasteiger partial charge in [-0.3, -0.25) is 32.8 Å². The molecule has 1 aromatic rings. The van der Waals surface area contributed by atoms with Gasteiger partial charge in [0, 0.05) is 19.2 Å². The van der Waals surface area contributed by atoms with Gasteiger partial charge in [-0.1, -0.05) is 0 Å². The fourth-order valence-corrected chi connectivity index (χ4v) is 5.56. The van der Waals surface area contributed by atoms with Gasteiger partial charge in [0.1, 0.15) is 36.6 Å². The molecular weight excluding hydrogens is 598 g/mol. The molecular formula is C16H23N3Na2O16P2. The van der Waals surface area contributed by atoms with E-state index in [1.807, 2.05) is 4.98 Å². The normalized spacial score (nSPS) is 33.6. The monoisotopic (exact) mass is 621 g/mol. The number of phosphoric ester groups is 2. The van der Waals surface area contributed by atoms with Gasteiger partial charge >= 0.3 is 64.8 Å². The Morgan fingerprint density at radius 2 is 1.79 bits per heavy atom. The second-order valence-corrected chi connectivity index (χ2v) is 10.8. The average Bonchev–Trinajstić information content (AvgIpc) is 3.05. The molecule has 0 radical (unpaired) electrons. The smallest absolute Gasteiger partial charge is 0.756 e. The second-order valence-electron chi connectivity index (χ2n) is 7.93. The van der Waals surface area contributed by atoms with E-state index in [4.69, 9.17) is 9.47 Å². The van der Waals surface area contributed by atoms with E-state index in [0.29, 0.717) is 4.57 Å². The standard InChI is InChI=1S/C16H25N3O16P2.2Na/c1-6(20)17-10-11(23)7(21)4-31-15(10)34-37(29,30)35-36(27,28)32-5-8-12(24)13(25)14(33-8)19-3-2-9(22)18-16(19)26;;/h2-3,7-8,10-15,21,23-25H,4-5H2,1H3,(H,17,20)(H,27,28)(H,29,30)(H,18,22,26);;/q;2*+1/p-2. The summed E-state index contributed by atoms with van der Waals surface area (Å²) in [6.07, 6.45) is -11.1. The summed E-state index contributed by atoms with van der Waals surface area (Å²) in [5.74, 6) is -0.769. The fraction of sp³-hybridized carbons (Fsp3) is 0.688. The summed E-state index contributed by atoms with van der Waals surface area (Å²) in [5, 5.41) is 42.0. The van der Waals surface area contributed by atoms with Crippen LogP contribution in [0.3, 0.4) is 0 Å². The molecule has 2 aliphatic rings. The molecule has 0 spiro atoms. The van der Waals surface area contributed by atoms with Crippen LogP contribution in [0.25, 0.3) is 0 Å². The molecule has 210 valence electrons. The predicted octanol–water partition coefficient (Wildman–Crippen LogP) is -11.3. The van der Waals surface area contributed by atoms with E-state index < -0.39 is 95.1 Å². The Kier molecular flexibility index (Phi) is 14.4. The number of carbonyl (C=O) groups is 1. The van der Waals surface area contributed by atoms with Crippen molar-refractivity contribution in [3.8, 4) is 0 Å². The minimum atomic E-state index is -5.82. The quantitative estimate of drug-likeness (QED) is 0.110. The molecule has 10 unspecified atom stereocenters. The Hall–Kier alpha value is 0.170. The Morgan fingerprint density at radius 1 is 1.15 bits per heavy atom. The van der Waals surface area contributed by atoms with E-state index in [0.717, 1.165) is 19.2 Å². The Morgan fingerprint density at radius 3 is 2.38 bits per heavy atom. The number of carbonyl (C=O) groups excluding carboxylic acids is 1. The summed E-state index contributed by atoms with van der Waals surface area (Å²) in [4.78, 5) is 60.5. The van der Waals surface area contributed by atoms with Crippen LogP contribution in [-0.4, -0.2) is 91.9 Å². The number of aliphatic hydroxyl groups is 4. The number of ether oxygens (including phenoxy) is 2. The van der Waals surface area contributed by atoms with Gasteiger partial charge in [-0.25, -0.2) is 9.11 Å². The molecule has 2 aliphatic heterocycles. The fourth-order valence-electron chi connectivity index (χ4n) is 3.46. The van der Waals surface area contributed by atoms with Gasteiger partial charge in [-0.15, -0.1) is 0 Å². The molecule has 0 bridgehead atoms. The summed E-state index contributed by atoms with van der Waals surface area (Å²) in [6, 6.07) is -0.707. The molecule has 2 saturated heterocycles. The number of nitrogens with zero attached hydrogens (tertiary/aromatic N) is 1. The van der Waals surface area contributed by atoms with E-state index in [-0.39, 0.29) is 59.1 Å². The van der Waals surface area contributed by atoms with Crippen molar-refractivity contribution >= 4 is 21.6 Å². The predicted molar refractivity (Wildman–Crippen MR) is 110 cm³/mol. The molecule has 23 heteroatoms. The number of H-pyrrole nitrogens is 1. The van der Waals surface area contributed by atoms with Crippen LogP contribution in [0.4, 0.5) is 0 Å². The molecule has 2 fully saturated rings. The minimum absolute atomic E-state index is 0. The number of hydrogen-bond acceptors (Lipinski definition) is 16. The van der Waals surface area contributed by atoms with Gasteiger partial charge in [0.05, 0.1) is 13.2 Å². The zero-order chi connectivity index (χ0) is 27.7. The first-order valence-corrected chi connectivity index (χ1v) is 13.3. The van der Waals surface area contributed by atoms with Crippen LogP contribution >= 0.6 is 15.6 Å². The molecule has 0 saturated carbocycles. The summed E-state index contributed by atoms with van der Waals surface area (Å²) in [6.45, 7) is -0.717. The van der Waals surface area contributed by atoms with Crippen LogP contribution in [-0.2, 0) is 36.8 Å². The molecule has 0 aliphatic carbocycles. The number of rotatable bonds is 9. The SMILES string of the molecule is CC(=O)NC1C(OP(=O)([O-])OP(=O)([O-])OCC2OC(n3ccc(=O)[nH]c3=O)C(O)C2O)OCC(O)C1O.[Na+].[Na+]. The third-order valence-corrected chi connectivity index (χ3v) is 7.68. The van der Waals surface area contributed by atoms with Crippen molar-refractivity contribution in [1.82, 2.24) is 14.9 Å². The number of amides is 1. The maximum Gasteiger partial charge on any atom is 1.00 e. The van der Waals surface area contributed by atoms with Gasteiger partial charge in [-0.05, 0) is 0 Å². The molecule has 10 atom stereocenters. The Bertz CT molecular complexity index is 1200. The van der Waals surface area contributed by atoms with E-state index in [9.17, 15) is 53.7 Å². The maximum atomic E-state index is 12.2. The molecule has 1 aromatic heterocycles. The van der Waals surface area contributed by atoms with Crippen molar-refractivity contribution in [3.63, 3.8) is 0 Å². The Balaban J connectivity index is 0.00000380. The number of phosphoric acid groups is 2. The van der Waals surface area contributed by atoms with Gasteiger partial charge < -0.3 is 49.5 Å². The number of aromatic nitrogens is 2. The zero-order valence-corrected chi connectivity index (χ0v) is 26.5. The largest absolute Gasteiger partial charge is 1.00 e. The van der Waals surface area contributed by atoms with Crippen molar-refractivity contribution in [2.45, 2.75) is 56.0 Å². The molecule has 19 nitrogen and oxygen atoms in total. The first-order chi connectivity index (χ1) is 17.1. The zero-order valence-electron chi connectivity index (χ0n) is 20.7. The summed E-state index contributed by atoms with van der Waals surface area (Å²) in [7, 11) is -11.6. The topological polar surface area (TPSA) is 291 Å². The first kappa shape index (κ1) is 37.2. The van der Waals surface area contributed by atoms with Crippen LogP contribution in [0.2, 0.25) is 0 Å². The summed E-state index contributed by atoms with van der Waals surface area (Å²) in [5.41, 5.74) is -1.76. The van der Waals surface area contributed by atoms with Gasteiger partial charge in [0.15, 0.2) is 12.5 Å². The van der Waals surface area contributed by atoms with Gasteiger partial charge in [0.2, 0.25) is 5.91 Å². The van der Waals surface area contributed by atoms with Crippen LogP contribution < -0.4 is 85.5 Å². The molecule has 3 rings (SSSR count). The van der Waals surface area contributed by atoms with E-state index in [2.05, 4.69) is 18.7 Å². The average molecular weight is 621 g/mol. The number of hydrogen-bond donors (Lipinski definition) is 6. The number of aliphatic hydroxyl groups excluding tert-OH is 4. The summed E-state index contributed by atoms with van der Waals surface area (Å²) >= 11 is 0. The van der Waals surface area contributed by atoms with E-state index >= 15 is 0 Å². The maximum absolute atomic E-state index is 12.2. The molecule has 1 amide bonds. The number of nitrogens with one attached hydrogen (secondary N) is 2. The van der Waals surface area contributed by atoms with Crippen molar-refractivity contribution < 1.29 is 126 Å². The van der Waals surface area contributed by atoms with Gasteiger partial charge in [-0.2, -0.15) is 0 Å². The third kappa shape index (κ3) is 9.86. The van der Waals surface area contributed by atoms with Crippen molar-refractivity contribution in [2.24, 2.45) is 0 Å². The molecule has 39 heavy (non-hydrogen) atoms. The van der Waals surface area contributed by atoms with E-state index in [1.165, 1.54) is 0 Å². The van der Waals surface area contributed by atoms with Crippen molar-refractivity contribution in [3.05, 3.63) is 33.1 Å².